The molecule has 2 fully saturated rings. The van der Waals surface area contributed by atoms with Crippen LogP contribution in [0.4, 0.5) is 4.79 Å². The van der Waals surface area contributed by atoms with Gasteiger partial charge in [-0.15, -0.1) is 0 Å². The van der Waals surface area contributed by atoms with Gasteiger partial charge in [0.25, 0.3) is 0 Å². The number of ether oxygens (including phenoxy) is 2. The number of rotatable bonds is 4. The Balaban J connectivity index is 0.000000512. The van der Waals surface area contributed by atoms with Crippen LogP contribution in [0.2, 0.25) is 0 Å². The average Bonchev–Trinajstić information content (AvgIpc) is 3.37. The van der Waals surface area contributed by atoms with Gasteiger partial charge in [0.05, 0.1) is 24.3 Å². The molecule has 2 unspecified atom stereocenters. The van der Waals surface area contributed by atoms with E-state index in [9.17, 15) is 9.59 Å². The molecule has 4 heterocycles. The summed E-state index contributed by atoms with van der Waals surface area (Å²) >= 11 is 0. The third kappa shape index (κ3) is 14.1. The minimum absolute atomic E-state index is 0.407. The second-order valence-corrected chi connectivity index (χ2v) is 7.95. The summed E-state index contributed by atoms with van der Waals surface area (Å²) in [5, 5.41) is 83.9. The van der Waals surface area contributed by atoms with Crippen LogP contribution in [0, 0.1) is 0 Å². The van der Waals surface area contributed by atoms with Gasteiger partial charge in [0, 0.05) is 24.8 Å². The summed E-state index contributed by atoms with van der Waals surface area (Å²) in [6, 6.07) is 6.57. The minimum atomic E-state index is -1.83. The van der Waals surface area contributed by atoms with Crippen molar-refractivity contribution in [2.75, 3.05) is 13.2 Å². The quantitative estimate of drug-likeness (QED) is 0.156. The standard InChI is InChI=1S/2C6H6N2O.2C5H10O5.CH2O3/c2*7-6(9)5-2-1-3-8-4-5;2*6-1-2-3(7)4(8)5(9)10-2;2-1(3)4/h2*1-4H,(H2,7,9);2*2-9H,1H2;(H2,2,3,4)/t;;2*2-,3-,4-,5?;/m..11./s1. The van der Waals surface area contributed by atoms with Crippen molar-refractivity contribution in [3.63, 3.8) is 0 Å². The van der Waals surface area contributed by atoms with Crippen LogP contribution in [0.25, 0.3) is 0 Å². The molecule has 2 aliphatic rings. The van der Waals surface area contributed by atoms with Gasteiger partial charge in [-0.25, -0.2) is 4.79 Å². The maximum atomic E-state index is 10.4. The zero-order valence-electron chi connectivity index (χ0n) is 21.7. The third-order valence-corrected chi connectivity index (χ3v) is 4.93. The van der Waals surface area contributed by atoms with Crippen molar-refractivity contribution < 1.29 is 74.9 Å². The summed E-state index contributed by atoms with van der Waals surface area (Å²) < 4.78 is 9.08. The fraction of sp³-hybridized carbons (Fsp3) is 0.435. The maximum absolute atomic E-state index is 10.4. The van der Waals surface area contributed by atoms with Crippen LogP contribution >= 0.6 is 0 Å². The molecule has 0 saturated carbocycles. The number of nitrogens with two attached hydrogens (primary N) is 2. The van der Waals surface area contributed by atoms with Crippen LogP contribution < -0.4 is 11.5 Å². The first-order valence-corrected chi connectivity index (χ1v) is 11.6. The lowest BCUT2D eigenvalue weighted by atomic mass is 10.1. The topological polar surface area (TPSA) is 350 Å². The van der Waals surface area contributed by atoms with Crippen molar-refractivity contribution in [2.45, 2.75) is 49.2 Å². The molecular weight excluding hydrogens is 572 g/mol. The average molecular weight is 607 g/mol. The Kier molecular flexibility index (Phi) is 18.2. The number of aliphatic hydroxyl groups excluding tert-OH is 8. The Bertz CT molecular complexity index is 971. The molecule has 14 N–H and O–H groups in total. The van der Waals surface area contributed by atoms with E-state index in [-0.39, 0.29) is 0 Å². The van der Waals surface area contributed by atoms with Crippen LogP contribution in [0.3, 0.4) is 0 Å². The highest BCUT2D eigenvalue weighted by molar-refractivity contribution is 5.92. The lowest BCUT2D eigenvalue weighted by Gasteiger charge is -2.09. The molecule has 236 valence electrons. The van der Waals surface area contributed by atoms with Gasteiger partial charge >= 0.3 is 6.16 Å². The van der Waals surface area contributed by atoms with E-state index in [2.05, 4.69) is 19.4 Å². The van der Waals surface area contributed by atoms with Gasteiger partial charge in [-0.2, -0.15) is 0 Å². The molecule has 42 heavy (non-hydrogen) atoms. The molecule has 2 amide bonds. The Morgan fingerprint density at radius 1 is 0.667 bits per heavy atom. The van der Waals surface area contributed by atoms with Crippen molar-refractivity contribution in [3.05, 3.63) is 60.2 Å². The number of nitrogens with zero attached hydrogens (tertiary/aromatic N) is 2. The number of carboxylic acid groups (broad SMARTS) is 2. The first-order chi connectivity index (χ1) is 19.7. The highest BCUT2D eigenvalue weighted by Crippen LogP contribution is 2.19. The number of carbonyl (C=O) groups is 3. The van der Waals surface area contributed by atoms with Crippen LogP contribution in [-0.2, 0) is 9.47 Å². The van der Waals surface area contributed by atoms with E-state index in [1.165, 1.54) is 12.4 Å². The molecule has 2 aromatic heterocycles. The van der Waals surface area contributed by atoms with Crippen molar-refractivity contribution in [1.29, 1.82) is 0 Å². The Hall–Kier alpha value is -3.89. The summed E-state index contributed by atoms with van der Waals surface area (Å²) in [4.78, 5) is 36.7. The molecule has 0 bridgehead atoms. The van der Waals surface area contributed by atoms with Gasteiger partial charge < -0.3 is 72.0 Å². The summed E-state index contributed by atoms with van der Waals surface area (Å²) in [6.07, 6.45) is -5.30. The Morgan fingerprint density at radius 3 is 1.10 bits per heavy atom. The van der Waals surface area contributed by atoms with Crippen molar-refractivity contribution in [1.82, 2.24) is 9.97 Å². The minimum Gasteiger partial charge on any atom is -0.450 e. The lowest BCUT2D eigenvalue weighted by Crippen LogP contribution is -2.33. The number of aliphatic hydroxyl groups is 8. The number of amides is 2. The molecule has 2 aromatic rings. The zero-order chi connectivity index (χ0) is 32.4. The van der Waals surface area contributed by atoms with Crippen LogP contribution in [0.5, 0.6) is 0 Å². The van der Waals surface area contributed by atoms with E-state index >= 15 is 0 Å². The van der Waals surface area contributed by atoms with E-state index in [0.717, 1.165) is 0 Å². The fourth-order valence-corrected chi connectivity index (χ4v) is 2.78. The molecule has 8 atom stereocenters. The molecule has 19 nitrogen and oxygen atoms in total. The van der Waals surface area contributed by atoms with Gasteiger partial charge in [0.1, 0.15) is 36.6 Å². The number of hydrogen-bond acceptors (Lipinski definition) is 15. The number of aromatic nitrogens is 2. The predicted octanol–water partition coefficient (Wildman–Crippen LogP) is -4.58. The van der Waals surface area contributed by atoms with Crippen LogP contribution in [0.1, 0.15) is 20.7 Å². The first kappa shape index (κ1) is 38.1. The highest BCUT2D eigenvalue weighted by Gasteiger charge is 2.41. The lowest BCUT2D eigenvalue weighted by molar-refractivity contribution is -0.133. The largest absolute Gasteiger partial charge is 0.503 e. The van der Waals surface area contributed by atoms with Crippen molar-refractivity contribution in [3.8, 4) is 0 Å². The van der Waals surface area contributed by atoms with Gasteiger partial charge in [0.2, 0.25) is 11.8 Å². The summed E-state index contributed by atoms with van der Waals surface area (Å²) in [5.41, 5.74) is 10.8. The molecular formula is C23H34N4O15. The summed E-state index contributed by atoms with van der Waals surface area (Å²) in [7, 11) is 0. The third-order valence-electron chi connectivity index (χ3n) is 4.93. The number of pyridine rings is 2. The molecule has 0 radical (unpaired) electrons. The first-order valence-electron chi connectivity index (χ1n) is 11.6. The summed E-state index contributed by atoms with van der Waals surface area (Å²) in [5.74, 6) is -0.883. The SMILES string of the molecule is NC(=O)c1cccnc1.NC(=O)c1cccnc1.O=C(O)O.OC[C@H]1OC(O)[C@H](O)[C@@H]1O.OC[C@H]1OC(O)[C@H](O)[C@@H]1O. The van der Waals surface area contributed by atoms with Gasteiger partial charge in [-0.1, -0.05) is 0 Å². The molecule has 2 saturated heterocycles. The molecule has 0 spiro atoms. The second-order valence-electron chi connectivity index (χ2n) is 7.95. The fourth-order valence-electron chi connectivity index (χ4n) is 2.78. The van der Waals surface area contributed by atoms with E-state index in [1.54, 1.807) is 36.7 Å². The second kappa shape index (κ2) is 20.1. The van der Waals surface area contributed by atoms with Crippen LogP contribution in [0.15, 0.2) is 49.1 Å². The number of carbonyl (C=O) groups excluding carboxylic acids is 2. The summed E-state index contributed by atoms with van der Waals surface area (Å²) in [6.45, 7) is -0.815. The number of primary amides is 2. The molecule has 2 aliphatic heterocycles. The molecule has 0 aliphatic carbocycles. The van der Waals surface area contributed by atoms with Crippen molar-refractivity contribution >= 4 is 18.0 Å². The Morgan fingerprint density at radius 2 is 0.976 bits per heavy atom. The number of hydrogen-bond donors (Lipinski definition) is 12. The smallest absolute Gasteiger partial charge is 0.450 e. The predicted molar refractivity (Wildman–Crippen MR) is 136 cm³/mol. The molecule has 4 rings (SSSR count). The normalized spacial score (nSPS) is 27.2. The van der Waals surface area contributed by atoms with E-state index in [1.807, 2.05) is 0 Å². The monoisotopic (exact) mass is 606 g/mol. The van der Waals surface area contributed by atoms with E-state index in [4.69, 9.17) is 67.3 Å². The Labute approximate surface area is 237 Å². The molecule has 19 heteroatoms. The zero-order valence-corrected chi connectivity index (χ0v) is 21.7. The van der Waals surface area contributed by atoms with Crippen LogP contribution in [-0.4, -0.2) is 141 Å². The van der Waals surface area contributed by atoms with Gasteiger partial charge in [0.15, 0.2) is 12.6 Å². The van der Waals surface area contributed by atoms with Gasteiger partial charge in [-0.3, -0.25) is 19.6 Å². The molecule has 0 aromatic carbocycles. The van der Waals surface area contributed by atoms with Gasteiger partial charge in [-0.05, 0) is 24.3 Å². The van der Waals surface area contributed by atoms with E-state index < -0.39 is 80.4 Å². The van der Waals surface area contributed by atoms with Crippen molar-refractivity contribution in [2.24, 2.45) is 11.5 Å². The van der Waals surface area contributed by atoms with E-state index in [0.29, 0.717) is 11.1 Å². The maximum Gasteiger partial charge on any atom is 0.503 e. The highest BCUT2D eigenvalue weighted by atomic mass is 16.7.